The lowest BCUT2D eigenvalue weighted by atomic mass is 10.1. The van der Waals surface area contributed by atoms with Crippen molar-refractivity contribution in [2.24, 2.45) is 0 Å². The molecule has 0 bridgehead atoms. The van der Waals surface area contributed by atoms with E-state index < -0.39 is 11.6 Å². The minimum atomic E-state index is -0.543. The van der Waals surface area contributed by atoms with E-state index in [4.69, 9.17) is 0 Å². The zero-order chi connectivity index (χ0) is 12.8. The van der Waals surface area contributed by atoms with Crippen molar-refractivity contribution in [2.75, 3.05) is 6.54 Å². The summed E-state index contributed by atoms with van der Waals surface area (Å²) >= 11 is 0. The third kappa shape index (κ3) is 3.85. The molecule has 0 aliphatic carbocycles. The first kappa shape index (κ1) is 12.6. The molecule has 0 amide bonds. The van der Waals surface area contributed by atoms with Crippen LogP contribution in [0.15, 0.2) is 36.8 Å². The highest BCUT2D eigenvalue weighted by Gasteiger charge is 2.00. The molecule has 94 valence electrons. The molecule has 5 heteroatoms. The van der Waals surface area contributed by atoms with Gasteiger partial charge in [-0.1, -0.05) is 0 Å². The molecular formula is C13H13F2N3. The fourth-order valence-corrected chi connectivity index (χ4v) is 1.63. The Balaban J connectivity index is 1.78. The lowest BCUT2D eigenvalue weighted by Gasteiger charge is -2.04. The van der Waals surface area contributed by atoms with E-state index in [1.165, 1.54) is 12.1 Å². The molecule has 18 heavy (non-hydrogen) atoms. The molecule has 0 atom stereocenters. The summed E-state index contributed by atoms with van der Waals surface area (Å²) in [7, 11) is 0. The van der Waals surface area contributed by atoms with Crippen LogP contribution in [-0.4, -0.2) is 16.5 Å². The first-order chi connectivity index (χ1) is 8.74. The van der Waals surface area contributed by atoms with E-state index in [2.05, 4.69) is 15.3 Å². The molecular weight excluding hydrogens is 236 g/mol. The maximum Gasteiger partial charge on any atom is 0.126 e. The number of rotatable bonds is 5. The summed E-state index contributed by atoms with van der Waals surface area (Å²) in [5, 5.41) is 3.14. The van der Waals surface area contributed by atoms with E-state index in [0.29, 0.717) is 25.1 Å². The van der Waals surface area contributed by atoms with E-state index >= 15 is 0 Å². The smallest absolute Gasteiger partial charge is 0.126 e. The zero-order valence-corrected chi connectivity index (χ0v) is 9.74. The molecule has 0 radical (unpaired) electrons. The van der Waals surface area contributed by atoms with Crippen molar-refractivity contribution < 1.29 is 8.78 Å². The first-order valence-electron chi connectivity index (χ1n) is 5.64. The third-order valence-corrected chi connectivity index (χ3v) is 2.44. The van der Waals surface area contributed by atoms with Crippen LogP contribution in [0.25, 0.3) is 0 Å². The van der Waals surface area contributed by atoms with Gasteiger partial charge in [-0.25, -0.2) is 8.78 Å². The monoisotopic (exact) mass is 249 g/mol. The van der Waals surface area contributed by atoms with Gasteiger partial charge in [0.25, 0.3) is 0 Å². The first-order valence-corrected chi connectivity index (χ1v) is 5.64. The summed E-state index contributed by atoms with van der Waals surface area (Å²) in [5.74, 6) is -1.09. The largest absolute Gasteiger partial charge is 0.311 e. The fraction of sp³-hybridized carbons (Fsp3) is 0.231. The molecule has 0 aliphatic heterocycles. The van der Waals surface area contributed by atoms with E-state index in [1.54, 1.807) is 18.6 Å². The molecule has 2 aromatic rings. The van der Waals surface area contributed by atoms with Crippen LogP contribution in [0, 0.1) is 11.6 Å². The number of hydrogen-bond acceptors (Lipinski definition) is 3. The molecule has 0 fully saturated rings. The molecule has 1 N–H and O–H groups in total. The van der Waals surface area contributed by atoms with Crippen molar-refractivity contribution in [3.63, 3.8) is 0 Å². The predicted octanol–water partition coefficient (Wildman–Crippen LogP) is 2.09. The summed E-state index contributed by atoms with van der Waals surface area (Å²) in [6.07, 6.45) is 5.47. The number of nitrogens with one attached hydrogen (secondary N) is 1. The minimum absolute atomic E-state index is 0.543. The van der Waals surface area contributed by atoms with Gasteiger partial charge in [-0.3, -0.25) is 9.97 Å². The third-order valence-electron chi connectivity index (χ3n) is 2.44. The Morgan fingerprint density at radius 3 is 2.50 bits per heavy atom. The Kier molecular flexibility index (Phi) is 4.30. The standard InChI is InChI=1S/C13H13F2N3/c14-11-5-10(6-12(15)7-11)1-2-16-8-13-9-17-3-4-18-13/h3-7,9,16H,1-2,8H2. The van der Waals surface area contributed by atoms with Crippen LogP contribution >= 0.6 is 0 Å². The highest BCUT2D eigenvalue weighted by molar-refractivity contribution is 5.18. The van der Waals surface area contributed by atoms with Gasteiger partial charge < -0.3 is 5.32 Å². The summed E-state index contributed by atoms with van der Waals surface area (Å²) in [6, 6.07) is 3.55. The van der Waals surface area contributed by atoms with Crippen LogP contribution in [0.2, 0.25) is 0 Å². The SMILES string of the molecule is Fc1cc(F)cc(CCNCc2cnccn2)c1. The Bertz CT molecular complexity index is 483. The molecule has 0 saturated heterocycles. The van der Waals surface area contributed by atoms with Gasteiger partial charge in [0.2, 0.25) is 0 Å². The highest BCUT2D eigenvalue weighted by Crippen LogP contribution is 2.08. The summed E-state index contributed by atoms with van der Waals surface area (Å²) in [5.41, 5.74) is 1.47. The molecule has 0 aliphatic rings. The summed E-state index contributed by atoms with van der Waals surface area (Å²) in [4.78, 5) is 8.05. The summed E-state index contributed by atoms with van der Waals surface area (Å²) in [6.45, 7) is 1.21. The highest BCUT2D eigenvalue weighted by atomic mass is 19.1. The molecule has 3 nitrogen and oxygen atoms in total. The zero-order valence-electron chi connectivity index (χ0n) is 9.74. The average molecular weight is 249 g/mol. The van der Waals surface area contributed by atoms with Crippen LogP contribution in [-0.2, 0) is 13.0 Å². The van der Waals surface area contributed by atoms with Gasteiger partial charge in [0.05, 0.1) is 5.69 Å². The molecule has 0 spiro atoms. The number of halogens is 2. The van der Waals surface area contributed by atoms with Crippen molar-refractivity contribution in [3.05, 3.63) is 59.7 Å². The van der Waals surface area contributed by atoms with Crippen molar-refractivity contribution in [3.8, 4) is 0 Å². The van der Waals surface area contributed by atoms with Gasteiger partial charge in [-0.05, 0) is 30.7 Å². The van der Waals surface area contributed by atoms with Crippen LogP contribution in [0.3, 0.4) is 0 Å². The van der Waals surface area contributed by atoms with Crippen molar-refractivity contribution in [2.45, 2.75) is 13.0 Å². The van der Waals surface area contributed by atoms with Crippen LogP contribution in [0.1, 0.15) is 11.3 Å². The van der Waals surface area contributed by atoms with Crippen LogP contribution < -0.4 is 5.32 Å². The Hall–Kier alpha value is -1.88. The maximum absolute atomic E-state index is 12.9. The van der Waals surface area contributed by atoms with Gasteiger partial charge in [-0.2, -0.15) is 0 Å². The Morgan fingerprint density at radius 1 is 1.06 bits per heavy atom. The van der Waals surface area contributed by atoms with Crippen molar-refractivity contribution >= 4 is 0 Å². The fourth-order valence-electron chi connectivity index (χ4n) is 1.63. The van der Waals surface area contributed by atoms with Crippen molar-refractivity contribution in [1.82, 2.24) is 15.3 Å². The second-order valence-electron chi connectivity index (χ2n) is 3.90. The Labute approximate surface area is 104 Å². The van der Waals surface area contributed by atoms with Crippen LogP contribution in [0.4, 0.5) is 8.78 Å². The molecule has 0 saturated carbocycles. The molecule has 1 aromatic heterocycles. The number of aromatic nitrogens is 2. The lowest BCUT2D eigenvalue weighted by molar-refractivity contribution is 0.577. The predicted molar refractivity (Wildman–Crippen MR) is 63.8 cm³/mol. The van der Waals surface area contributed by atoms with Gasteiger partial charge in [-0.15, -0.1) is 0 Å². The number of benzene rings is 1. The van der Waals surface area contributed by atoms with E-state index in [9.17, 15) is 8.78 Å². The molecule has 1 aromatic carbocycles. The lowest BCUT2D eigenvalue weighted by Crippen LogP contribution is -2.17. The maximum atomic E-state index is 12.9. The quantitative estimate of drug-likeness (QED) is 0.824. The van der Waals surface area contributed by atoms with E-state index in [0.717, 1.165) is 11.8 Å². The average Bonchev–Trinajstić information content (AvgIpc) is 2.35. The second kappa shape index (κ2) is 6.16. The van der Waals surface area contributed by atoms with Crippen LogP contribution in [0.5, 0.6) is 0 Å². The normalized spacial score (nSPS) is 10.6. The molecule has 1 heterocycles. The number of hydrogen-bond donors (Lipinski definition) is 1. The van der Waals surface area contributed by atoms with Gasteiger partial charge >= 0.3 is 0 Å². The molecule has 2 rings (SSSR count). The van der Waals surface area contributed by atoms with Gasteiger partial charge in [0.1, 0.15) is 11.6 Å². The number of nitrogens with zero attached hydrogens (tertiary/aromatic N) is 2. The van der Waals surface area contributed by atoms with E-state index in [1.807, 2.05) is 0 Å². The van der Waals surface area contributed by atoms with Crippen molar-refractivity contribution in [1.29, 1.82) is 0 Å². The summed E-state index contributed by atoms with van der Waals surface area (Å²) < 4.78 is 25.8. The minimum Gasteiger partial charge on any atom is -0.311 e. The topological polar surface area (TPSA) is 37.8 Å². The second-order valence-corrected chi connectivity index (χ2v) is 3.90. The van der Waals surface area contributed by atoms with E-state index in [-0.39, 0.29) is 0 Å². The van der Waals surface area contributed by atoms with Gasteiger partial charge in [0, 0.05) is 31.2 Å². The molecule has 0 unspecified atom stereocenters. The van der Waals surface area contributed by atoms with Gasteiger partial charge in [0.15, 0.2) is 0 Å². The Morgan fingerprint density at radius 2 is 1.83 bits per heavy atom.